The Balaban J connectivity index is 1.12. The van der Waals surface area contributed by atoms with Gasteiger partial charge in [-0.05, 0) is 98.0 Å². The molecule has 6 heteroatoms. The lowest BCUT2D eigenvalue weighted by Crippen LogP contribution is -2.59. The molecular formula is C34H49NO5. The number of carbonyl (C=O) groups is 1. The van der Waals surface area contributed by atoms with E-state index in [1.807, 2.05) is 0 Å². The van der Waals surface area contributed by atoms with Crippen molar-refractivity contribution in [3.05, 3.63) is 39.9 Å². The molecule has 220 valence electrons. The molecule has 0 radical (unpaired) electrons. The van der Waals surface area contributed by atoms with E-state index in [0.717, 1.165) is 48.9 Å². The molecule has 5 fully saturated rings. The Kier molecular flexibility index (Phi) is 7.12. The summed E-state index contributed by atoms with van der Waals surface area (Å²) >= 11 is 0. The first kappa shape index (κ1) is 28.2. The van der Waals surface area contributed by atoms with Crippen LogP contribution >= 0.6 is 0 Å². The van der Waals surface area contributed by atoms with Crippen LogP contribution in [-0.4, -0.2) is 28.7 Å². The molecule has 1 spiro atoms. The number of esters is 1. The highest BCUT2D eigenvalue weighted by atomic mass is 16.6. The fourth-order valence-electron chi connectivity index (χ4n) is 10.7. The second kappa shape index (κ2) is 10.1. The number of hydrogen-bond donors (Lipinski definition) is 0. The van der Waals surface area contributed by atoms with Gasteiger partial charge in [0.1, 0.15) is 11.7 Å². The minimum Gasteiger partial charge on any atom is -0.459 e. The molecule has 6 nitrogen and oxygen atoms in total. The van der Waals surface area contributed by atoms with Crippen LogP contribution in [0.3, 0.4) is 0 Å². The standard InChI is InChI=1S/C34H49NO5/c1-21(2)7-6-8-22(3)27-13-14-28-26-19-30-34(40-30)20-25(15-18-33(34,5)29(26)16-17-32(27,28)4)39-31(36)23-9-11-24(12-10-23)35(37)38/h9-12,21-22,25-30H,6-8,13-20H2,1-5H3/t22?,25?,26?,27?,28?,29?,30-,32?,33?,34-/m0/s1. The zero-order valence-electron chi connectivity index (χ0n) is 25.2. The van der Waals surface area contributed by atoms with Gasteiger partial charge in [-0.1, -0.05) is 53.9 Å². The van der Waals surface area contributed by atoms with Gasteiger partial charge in [-0.2, -0.15) is 0 Å². The smallest absolute Gasteiger partial charge is 0.338 e. The molecule has 1 aromatic carbocycles. The third kappa shape index (κ3) is 4.42. The van der Waals surface area contributed by atoms with Crippen molar-refractivity contribution >= 4 is 11.7 Å². The maximum Gasteiger partial charge on any atom is 0.338 e. The Bertz CT molecular complexity index is 1130. The van der Waals surface area contributed by atoms with Crippen molar-refractivity contribution < 1.29 is 19.2 Å². The summed E-state index contributed by atoms with van der Waals surface area (Å²) in [5.41, 5.74) is 0.824. The average molecular weight is 552 g/mol. The van der Waals surface area contributed by atoms with Gasteiger partial charge in [-0.15, -0.1) is 0 Å². The minimum atomic E-state index is -0.453. The van der Waals surface area contributed by atoms with E-state index in [2.05, 4.69) is 34.6 Å². The Morgan fingerprint density at radius 3 is 2.50 bits per heavy atom. The summed E-state index contributed by atoms with van der Waals surface area (Å²) in [5, 5.41) is 11.0. The van der Waals surface area contributed by atoms with Gasteiger partial charge in [0, 0.05) is 24.0 Å². The predicted octanol–water partition coefficient (Wildman–Crippen LogP) is 8.37. The Morgan fingerprint density at radius 2 is 1.80 bits per heavy atom. The van der Waals surface area contributed by atoms with Crippen LogP contribution in [0.25, 0.3) is 0 Å². The molecule has 0 amide bonds. The van der Waals surface area contributed by atoms with Gasteiger partial charge in [0.05, 0.1) is 16.6 Å². The first-order chi connectivity index (χ1) is 19.0. The van der Waals surface area contributed by atoms with Crippen molar-refractivity contribution in [3.63, 3.8) is 0 Å². The average Bonchev–Trinajstić information content (AvgIpc) is 3.49. The molecule has 0 bridgehead atoms. The van der Waals surface area contributed by atoms with Crippen LogP contribution in [0.15, 0.2) is 24.3 Å². The van der Waals surface area contributed by atoms with Crippen LogP contribution in [0.1, 0.15) is 116 Å². The zero-order valence-corrected chi connectivity index (χ0v) is 25.2. The molecule has 0 aromatic heterocycles. The van der Waals surface area contributed by atoms with Crippen LogP contribution < -0.4 is 0 Å². The molecular weight excluding hydrogens is 502 g/mol. The van der Waals surface area contributed by atoms with Gasteiger partial charge in [-0.25, -0.2) is 4.79 Å². The van der Waals surface area contributed by atoms with Crippen molar-refractivity contribution in [1.82, 2.24) is 0 Å². The fraction of sp³-hybridized carbons (Fsp3) is 0.794. The van der Waals surface area contributed by atoms with E-state index < -0.39 is 10.9 Å². The normalized spacial score (nSPS) is 42.2. The number of nitro groups is 1. The van der Waals surface area contributed by atoms with Crippen molar-refractivity contribution in [2.75, 3.05) is 0 Å². The number of ether oxygens (including phenoxy) is 2. The summed E-state index contributed by atoms with van der Waals surface area (Å²) in [6.07, 6.45) is 13.6. The lowest BCUT2D eigenvalue weighted by atomic mass is 9.44. The van der Waals surface area contributed by atoms with E-state index in [1.165, 1.54) is 75.6 Å². The fourth-order valence-corrected chi connectivity index (χ4v) is 10.7. The molecule has 5 aliphatic rings. The number of nitrogens with zero attached hydrogens (tertiary/aromatic N) is 1. The molecule has 4 saturated carbocycles. The Hall–Kier alpha value is -1.95. The quantitative estimate of drug-likeness (QED) is 0.140. The molecule has 6 rings (SSSR count). The van der Waals surface area contributed by atoms with E-state index in [-0.39, 0.29) is 22.8 Å². The number of benzene rings is 1. The highest BCUT2D eigenvalue weighted by molar-refractivity contribution is 5.89. The van der Waals surface area contributed by atoms with Crippen molar-refractivity contribution in [1.29, 1.82) is 0 Å². The van der Waals surface area contributed by atoms with Gasteiger partial charge < -0.3 is 9.47 Å². The zero-order chi connectivity index (χ0) is 28.4. The van der Waals surface area contributed by atoms with E-state index in [1.54, 1.807) is 0 Å². The lowest BCUT2D eigenvalue weighted by Gasteiger charge is -2.59. The summed E-state index contributed by atoms with van der Waals surface area (Å²) < 4.78 is 12.7. The predicted molar refractivity (Wildman–Crippen MR) is 155 cm³/mol. The summed E-state index contributed by atoms with van der Waals surface area (Å²) in [4.78, 5) is 23.4. The molecule has 1 aliphatic heterocycles. The van der Waals surface area contributed by atoms with Gasteiger partial charge in [0.2, 0.25) is 0 Å². The van der Waals surface area contributed by atoms with Crippen LogP contribution in [0.5, 0.6) is 0 Å². The SMILES string of the molecule is CC(C)CCCC(C)C1CCC2C3C[C@@H]4O[C@@]45CC(OC(=O)c4ccc([N+](=O)[O-])cc4)CCC5(C)C3CCC12C. The maximum absolute atomic E-state index is 12.9. The Labute approximate surface area is 240 Å². The van der Waals surface area contributed by atoms with Crippen LogP contribution in [0.2, 0.25) is 0 Å². The molecule has 10 atom stereocenters. The summed E-state index contributed by atoms with van der Waals surface area (Å²) in [6, 6.07) is 5.72. The van der Waals surface area contributed by atoms with Crippen LogP contribution in [0, 0.1) is 56.5 Å². The molecule has 0 N–H and O–H groups in total. The van der Waals surface area contributed by atoms with E-state index >= 15 is 0 Å². The largest absolute Gasteiger partial charge is 0.459 e. The molecule has 40 heavy (non-hydrogen) atoms. The number of non-ortho nitro benzene ring substituents is 1. The second-order valence-corrected chi connectivity index (χ2v) is 15.1. The van der Waals surface area contributed by atoms with E-state index in [4.69, 9.17) is 9.47 Å². The number of hydrogen-bond acceptors (Lipinski definition) is 5. The number of rotatable bonds is 8. The number of epoxide rings is 1. The lowest BCUT2D eigenvalue weighted by molar-refractivity contribution is -0.384. The third-order valence-electron chi connectivity index (χ3n) is 12.8. The minimum absolute atomic E-state index is 0.0207. The van der Waals surface area contributed by atoms with Crippen LogP contribution in [-0.2, 0) is 9.47 Å². The van der Waals surface area contributed by atoms with Crippen LogP contribution in [0.4, 0.5) is 5.69 Å². The van der Waals surface area contributed by atoms with Crippen molar-refractivity contribution in [3.8, 4) is 0 Å². The molecule has 4 aliphatic carbocycles. The molecule has 8 unspecified atom stereocenters. The van der Waals surface area contributed by atoms with Gasteiger partial charge in [0.15, 0.2) is 0 Å². The Morgan fingerprint density at radius 1 is 1.05 bits per heavy atom. The first-order valence-electron chi connectivity index (χ1n) is 16.1. The molecule has 1 aromatic rings. The van der Waals surface area contributed by atoms with Crippen molar-refractivity contribution in [2.45, 2.75) is 123 Å². The third-order valence-corrected chi connectivity index (χ3v) is 12.8. The highest BCUT2D eigenvalue weighted by Crippen LogP contribution is 2.74. The second-order valence-electron chi connectivity index (χ2n) is 15.1. The van der Waals surface area contributed by atoms with E-state index in [9.17, 15) is 14.9 Å². The number of carbonyl (C=O) groups excluding carboxylic acids is 1. The summed E-state index contributed by atoms with van der Waals surface area (Å²) in [6.45, 7) is 12.4. The summed E-state index contributed by atoms with van der Waals surface area (Å²) in [5.74, 6) is 4.38. The monoisotopic (exact) mass is 551 g/mol. The number of fused-ring (bicyclic) bond motifs is 4. The highest BCUT2D eigenvalue weighted by Gasteiger charge is 2.76. The van der Waals surface area contributed by atoms with Crippen molar-refractivity contribution in [2.24, 2.45) is 46.3 Å². The topological polar surface area (TPSA) is 82.0 Å². The van der Waals surface area contributed by atoms with Gasteiger partial charge in [-0.3, -0.25) is 10.1 Å². The molecule has 1 saturated heterocycles. The number of nitro benzene ring substituents is 1. The molecule has 1 heterocycles. The van der Waals surface area contributed by atoms with Gasteiger partial charge >= 0.3 is 5.97 Å². The maximum atomic E-state index is 12.9. The first-order valence-corrected chi connectivity index (χ1v) is 16.1. The summed E-state index contributed by atoms with van der Waals surface area (Å²) in [7, 11) is 0. The van der Waals surface area contributed by atoms with E-state index in [0.29, 0.717) is 23.0 Å². The van der Waals surface area contributed by atoms with Gasteiger partial charge in [0.25, 0.3) is 5.69 Å².